The van der Waals surface area contributed by atoms with E-state index in [0.29, 0.717) is 33.1 Å². The van der Waals surface area contributed by atoms with Gasteiger partial charge in [0.05, 0.1) is 25.7 Å². The molecule has 198 valence electrons. The first-order chi connectivity index (χ1) is 18.4. The van der Waals surface area contributed by atoms with Crippen molar-refractivity contribution in [3.05, 3.63) is 66.2 Å². The molecule has 3 aromatic heterocycles. The van der Waals surface area contributed by atoms with Gasteiger partial charge in [-0.2, -0.15) is 5.10 Å². The van der Waals surface area contributed by atoms with Crippen LogP contribution >= 0.6 is 19.4 Å². The first-order valence-electron chi connectivity index (χ1n) is 11.9. The van der Waals surface area contributed by atoms with E-state index in [1.165, 1.54) is 34.9 Å². The molecule has 3 heterocycles. The molecule has 0 aliphatic carbocycles. The molecule has 5 aromatic rings. The number of hydrogen-bond donors (Lipinski definition) is 0. The van der Waals surface area contributed by atoms with Gasteiger partial charge in [-0.3, -0.25) is 4.57 Å². The van der Waals surface area contributed by atoms with Crippen molar-refractivity contribution in [3.63, 3.8) is 0 Å². The number of ether oxygens (including phenoxy) is 1. The summed E-state index contributed by atoms with van der Waals surface area (Å²) in [6.07, 6.45) is 3.42. The molecule has 0 aliphatic rings. The minimum Gasteiger partial charge on any atom is -0.497 e. The molecule has 0 spiro atoms. The molecular formula is C25H26FN6O4PS. The average molecular weight is 557 g/mol. The van der Waals surface area contributed by atoms with Gasteiger partial charge in [0.1, 0.15) is 22.9 Å². The molecule has 0 saturated heterocycles. The van der Waals surface area contributed by atoms with E-state index < -0.39 is 19.2 Å². The number of benzene rings is 2. The highest BCUT2D eigenvalue weighted by Crippen LogP contribution is 2.62. The Labute approximate surface area is 222 Å². The Morgan fingerprint density at radius 1 is 1.00 bits per heavy atom. The smallest absolute Gasteiger partial charge is 0.359 e. The van der Waals surface area contributed by atoms with Gasteiger partial charge in [-0.15, -0.1) is 16.9 Å². The highest BCUT2D eigenvalue weighted by atomic mass is 32.2. The van der Waals surface area contributed by atoms with Crippen LogP contribution in [0.4, 0.5) is 4.39 Å². The van der Waals surface area contributed by atoms with E-state index in [9.17, 15) is 8.96 Å². The van der Waals surface area contributed by atoms with Gasteiger partial charge in [-0.1, -0.05) is 12.1 Å². The van der Waals surface area contributed by atoms with Gasteiger partial charge in [0.15, 0.2) is 22.9 Å². The topological polar surface area (TPSA) is 106 Å². The van der Waals surface area contributed by atoms with Gasteiger partial charge in [-0.25, -0.2) is 23.6 Å². The van der Waals surface area contributed by atoms with E-state index in [1.54, 1.807) is 37.6 Å². The number of methoxy groups -OCH3 is 1. The summed E-state index contributed by atoms with van der Waals surface area (Å²) >= 11 is 1.40. The second kappa shape index (κ2) is 10.8. The molecule has 0 saturated carbocycles. The number of hydrogen-bond acceptors (Lipinski definition) is 9. The minimum absolute atomic E-state index is 0.149. The summed E-state index contributed by atoms with van der Waals surface area (Å²) in [7, 11) is -2.22. The van der Waals surface area contributed by atoms with Crippen molar-refractivity contribution >= 4 is 36.0 Å². The van der Waals surface area contributed by atoms with Crippen molar-refractivity contribution in [2.75, 3.05) is 26.6 Å². The van der Waals surface area contributed by atoms with Crippen LogP contribution in [-0.4, -0.2) is 55.9 Å². The van der Waals surface area contributed by atoms with Crippen LogP contribution in [0.3, 0.4) is 0 Å². The molecule has 0 fully saturated rings. The monoisotopic (exact) mass is 556 g/mol. The van der Waals surface area contributed by atoms with Crippen molar-refractivity contribution in [1.29, 1.82) is 0 Å². The number of halogens is 1. The van der Waals surface area contributed by atoms with E-state index in [-0.39, 0.29) is 13.2 Å². The lowest BCUT2D eigenvalue weighted by atomic mass is 10.2. The zero-order chi connectivity index (χ0) is 26.9. The lowest BCUT2D eigenvalue weighted by molar-refractivity contribution is 0.207. The molecule has 38 heavy (non-hydrogen) atoms. The maximum absolute atomic E-state index is 14.2. The maximum atomic E-state index is 14.2. The van der Waals surface area contributed by atoms with Gasteiger partial charge in [0, 0.05) is 5.56 Å². The third-order valence-electron chi connectivity index (χ3n) is 5.86. The van der Waals surface area contributed by atoms with Crippen molar-refractivity contribution in [2.45, 2.75) is 24.7 Å². The fourth-order valence-electron chi connectivity index (χ4n) is 4.22. The molecule has 13 heteroatoms. The van der Waals surface area contributed by atoms with Crippen LogP contribution in [0.5, 0.6) is 5.75 Å². The highest BCUT2D eigenvalue weighted by Gasteiger charge is 2.41. The first kappa shape index (κ1) is 26.3. The number of aromatic nitrogens is 6. The molecule has 0 N–H and O–H groups in total. The molecule has 1 atom stereocenters. The van der Waals surface area contributed by atoms with Gasteiger partial charge in [0.2, 0.25) is 0 Å². The summed E-state index contributed by atoms with van der Waals surface area (Å²) in [4.78, 5) is 9.42. The fraction of sp³-hybridized carbons (Fsp3) is 0.280. The first-order valence-corrected chi connectivity index (χ1v) is 14.7. The summed E-state index contributed by atoms with van der Waals surface area (Å²) in [5.41, 5.74) is 2.28. The Bertz CT molecular complexity index is 1610. The zero-order valence-electron chi connectivity index (χ0n) is 21.2. The van der Waals surface area contributed by atoms with Crippen molar-refractivity contribution in [1.82, 2.24) is 29.4 Å². The van der Waals surface area contributed by atoms with Crippen molar-refractivity contribution in [3.8, 4) is 17.1 Å². The van der Waals surface area contributed by atoms with Crippen molar-refractivity contribution < 1.29 is 22.7 Å². The molecule has 2 aromatic carbocycles. The van der Waals surface area contributed by atoms with E-state index in [0.717, 1.165) is 11.3 Å². The summed E-state index contributed by atoms with van der Waals surface area (Å²) in [5, 5.41) is 10.6. The standard InChI is InChI=1S/C25H26FN6O4PS/c1-5-35-37(33,36-6-2)25(17-7-11-18(26)12-8-17)32-22-20(24(30-32)38-4)23-28-21(29-31(23)15-27-22)16-9-13-19(34-3)14-10-16/h7-15,25H,5-6H2,1-4H3. The normalized spacial score (nSPS) is 12.9. The number of nitrogens with zero attached hydrogens (tertiary/aromatic N) is 6. The largest absolute Gasteiger partial charge is 0.497 e. The van der Waals surface area contributed by atoms with E-state index in [2.05, 4.69) is 10.1 Å². The lowest BCUT2D eigenvalue weighted by Crippen LogP contribution is -2.17. The Morgan fingerprint density at radius 3 is 2.29 bits per heavy atom. The number of thioether (sulfide) groups is 1. The fourth-order valence-corrected chi connectivity index (χ4v) is 6.81. The van der Waals surface area contributed by atoms with Crippen LogP contribution in [0, 0.1) is 5.82 Å². The Balaban J connectivity index is 1.74. The third-order valence-corrected chi connectivity index (χ3v) is 8.88. The van der Waals surface area contributed by atoms with Gasteiger partial charge in [0.25, 0.3) is 0 Å². The molecular weight excluding hydrogens is 530 g/mol. The average Bonchev–Trinajstić information content (AvgIpc) is 3.52. The van der Waals surface area contributed by atoms with Crippen LogP contribution in [0.15, 0.2) is 59.9 Å². The Kier molecular flexibility index (Phi) is 7.49. The lowest BCUT2D eigenvalue weighted by Gasteiger charge is -2.27. The van der Waals surface area contributed by atoms with Crippen LogP contribution in [0.2, 0.25) is 0 Å². The highest BCUT2D eigenvalue weighted by molar-refractivity contribution is 7.98. The van der Waals surface area contributed by atoms with Crippen LogP contribution in [0.1, 0.15) is 25.2 Å². The van der Waals surface area contributed by atoms with Crippen molar-refractivity contribution in [2.24, 2.45) is 0 Å². The van der Waals surface area contributed by atoms with Gasteiger partial charge in [-0.05, 0) is 62.1 Å². The SMILES string of the molecule is CCOP(=O)(OCC)C(c1ccc(F)cc1)n1nc(SC)c2c1ncn1nc(-c3ccc(OC)cc3)nc21. The second-order valence-electron chi connectivity index (χ2n) is 8.13. The van der Waals surface area contributed by atoms with Gasteiger partial charge < -0.3 is 13.8 Å². The second-order valence-corrected chi connectivity index (χ2v) is 11.0. The molecule has 1 unspecified atom stereocenters. The van der Waals surface area contributed by atoms with E-state index in [4.69, 9.17) is 23.9 Å². The van der Waals surface area contributed by atoms with E-state index >= 15 is 0 Å². The zero-order valence-corrected chi connectivity index (χ0v) is 22.9. The molecule has 0 bridgehead atoms. The number of rotatable bonds is 10. The van der Waals surface area contributed by atoms with Crippen LogP contribution in [-0.2, 0) is 13.6 Å². The molecule has 5 rings (SSSR count). The molecule has 0 radical (unpaired) electrons. The predicted octanol–water partition coefficient (Wildman–Crippen LogP) is 5.82. The van der Waals surface area contributed by atoms with Gasteiger partial charge >= 0.3 is 7.60 Å². The summed E-state index contributed by atoms with van der Waals surface area (Å²) in [5.74, 6) is -0.191. The van der Waals surface area contributed by atoms with E-state index in [1.807, 2.05) is 30.5 Å². The summed E-state index contributed by atoms with van der Waals surface area (Å²) in [6, 6.07) is 13.1. The minimum atomic E-state index is -3.83. The molecule has 0 amide bonds. The predicted molar refractivity (Wildman–Crippen MR) is 143 cm³/mol. The number of fused-ring (bicyclic) bond motifs is 3. The summed E-state index contributed by atoms with van der Waals surface area (Å²) < 4.78 is 47.8. The summed E-state index contributed by atoms with van der Waals surface area (Å²) in [6.45, 7) is 3.77. The van der Waals surface area contributed by atoms with Crippen LogP contribution < -0.4 is 4.74 Å². The Hall–Kier alpha value is -3.31. The molecule has 0 aliphatic heterocycles. The third kappa shape index (κ3) is 4.69. The molecule has 10 nitrogen and oxygen atoms in total. The Morgan fingerprint density at radius 2 is 1.68 bits per heavy atom. The maximum Gasteiger partial charge on any atom is 0.359 e. The quantitative estimate of drug-likeness (QED) is 0.155. The van der Waals surface area contributed by atoms with Crippen LogP contribution in [0.25, 0.3) is 28.1 Å².